The van der Waals surface area contributed by atoms with Crippen LogP contribution in [0, 0.1) is 0 Å². The van der Waals surface area contributed by atoms with Crippen LogP contribution in [0.2, 0.25) is 0 Å². The second kappa shape index (κ2) is 7.34. The van der Waals surface area contributed by atoms with Gasteiger partial charge in [0, 0.05) is 19.1 Å². The van der Waals surface area contributed by atoms with Crippen LogP contribution in [0.1, 0.15) is 12.0 Å². The van der Waals surface area contributed by atoms with Gasteiger partial charge in [0.2, 0.25) is 0 Å². The van der Waals surface area contributed by atoms with Gasteiger partial charge in [-0.2, -0.15) is 0 Å². The third-order valence-corrected chi connectivity index (χ3v) is 2.17. The van der Waals surface area contributed by atoms with Crippen molar-refractivity contribution < 1.29 is 24.5 Å². The molecule has 0 aromatic heterocycles. The normalized spacial score (nSPS) is 10.6. The van der Waals surface area contributed by atoms with E-state index >= 15 is 0 Å². The highest BCUT2D eigenvalue weighted by atomic mass is 16.5. The first-order chi connectivity index (χ1) is 8.67. The third-order valence-electron chi connectivity index (χ3n) is 2.17. The van der Waals surface area contributed by atoms with Crippen molar-refractivity contribution in [2.24, 2.45) is 0 Å². The first kappa shape index (κ1) is 14.1. The number of aliphatic carboxylic acids is 1. The Morgan fingerprint density at radius 2 is 2.17 bits per heavy atom. The molecule has 1 rings (SSSR count). The molecule has 0 spiro atoms. The number of methoxy groups -OCH3 is 1. The van der Waals surface area contributed by atoms with Crippen LogP contribution in [0.4, 0.5) is 0 Å². The van der Waals surface area contributed by atoms with Crippen molar-refractivity contribution in [1.82, 2.24) is 0 Å². The highest BCUT2D eigenvalue weighted by molar-refractivity contribution is 5.85. The van der Waals surface area contributed by atoms with E-state index in [1.54, 1.807) is 18.2 Å². The van der Waals surface area contributed by atoms with Crippen LogP contribution in [0.25, 0.3) is 6.08 Å². The fourth-order valence-corrected chi connectivity index (χ4v) is 1.32. The Bertz CT molecular complexity index is 425. The SMILES string of the molecule is COc1ccc(C=CC(=O)O)cc1OCCCO. The maximum atomic E-state index is 10.4. The summed E-state index contributed by atoms with van der Waals surface area (Å²) in [5.74, 6) is 0.0903. The van der Waals surface area contributed by atoms with Crippen LogP contribution >= 0.6 is 0 Å². The van der Waals surface area contributed by atoms with Gasteiger partial charge in [-0.3, -0.25) is 0 Å². The summed E-state index contributed by atoms with van der Waals surface area (Å²) in [4.78, 5) is 10.4. The molecule has 0 aliphatic heterocycles. The highest BCUT2D eigenvalue weighted by Gasteiger charge is 2.04. The molecule has 2 N–H and O–H groups in total. The second-order valence-corrected chi connectivity index (χ2v) is 3.51. The summed E-state index contributed by atoms with van der Waals surface area (Å²) in [7, 11) is 1.53. The average Bonchev–Trinajstić information content (AvgIpc) is 2.37. The van der Waals surface area contributed by atoms with Crippen molar-refractivity contribution in [1.29, 1.82) is 0 Å². The maximum Gasteiger partial charge on any atom is 0.328 e. The molecule has 0 unspecified atom stereocenters. The van der Waals surface area contributed by atoms with Crippen molar-refractivity contribution in [3.05, 3.63) is 29.8 Å². The molecule has 0 saturated carbocycles. The Morgan fingerprint density at radius 3 is 2.78 bits per heavy atom. The van der Waals surface area contributed by atoms with Gasteiger partial charge in [0.25, 0.3) is 0 Å². The molecule has 0 radical (unpaired) electrons. The van der Waals surface area contributed by atoms with Crippen molar-refractivity contribution in [3.63, 3.8) is 0 Å². The maximum absolute atomic E-state index is 10.4. The first-order valence-corrected chi connectivity index (χ1v) is 5.50. The quantitative estimate of drug-likeness (QED) is 0.569. The van der Waals surface area contributed by atoms with Gasteiger partial charge in [-0.25, -0.2) is 4.79 Å². The molecule has 0 amide bonds. The molecule has 0 aliphatic carbocycles. The Hall–Kier alpha value is -2.01. The Kier molecular flexibility index (Phi) is 5.73. The zero-order valence-electron chi connectivity index (χ0n) is 10.1. The monoisotopic (exact) mass is 252 g/mol. The number of carbonyl (C=O) groups is 1. The number of aliphatic hydroxyl groups is 1. The molecule has 0 bridgehead atoms. The number of benzene rings is 1. The van der Waals surface area contributed by atoms with Crippen molar-refractivity contribution in [2.45, 2.75) is 6.42 Å². The standard InChI is InChI=1S/C13H16O5/c1-17-11-5-3-10(4-6-13(15)16)9-12(11)18-8-2-7-14/h3-6,9,14H,2,7-8H2,1H3,(H,15,16). The largest absolute Gasteiger partial charge is 0.493 e. The van der Waals surface area contributed by atoms with E-state index in [4.69, 9.17) is 19.7 Å². The van der Waals surface area contributed by atoms with Crippen LogP contribution in [0.5, 0.6) is 11.5 Å². The summed E-state index contributed by atoms with van der Waals surface area (Å²) in [6.07, 6.45) is 3.05. The Balaban J connectivity index is 2.83. The predicted molar refractivity (Wildman–Crippen MR) is 66.9 cm³/mol. The number of rotatable bonds is 7. The summed E-state index contributed by atoms with van der Waals surface area (Å²) >= 11 is 0. The molecule has 1 aromatic rings. The van der Waals surface area contributed by atoms with Gasteiger partial charge in [-0.05, 0) is 23.8 Å². The molecule has 0 heterocycles. The lowest BCUT2D eigenvalue weighted by molar-refractivity contribution is -0.131. The van der Waals surface area contributed by atoms with E-state index in [2.05, 4.69) is 0 Å². The minimum atomic E-state index is -1.01. The van der Waals surface area contributed by atoms with E-state index in [1.165, 1.54) is 13.2 Å². The lowest BCUT2D eigenvalue weighted by atomic mass is 10.2. The lowest BCUT2D eigenvalue weighted by Gasteiger charge is -2.10. The van der Waals surface area contributed by atoms with E-state index in [9.17, 15) is 4.79 Å². The van der Waals surface area contributed by atoms with E-state index in [-0.39, 0.29) is 6.61 Å². The fourth-order valence-electron chi connectivity index (χ4n) is 1.32. The lowest BCUT2D eigenvalue weighted by Crippen LogP contribution is -2.01. The summed E-state index contributed by atoms with van der Waals surface area (Å²) in [6, 6.07) is 5.13. The van der Waals surface area contributed by atoms with Crippen LogP contribution in [0.3, 0.4) is 0 Å². The summed E-state index contributed by atoms with van der Waals surface area (Å²) < 4.78 is 10.6. The number of carboxylic acid groups (broad SMARTS) is 1. The van der Waals surface area contributed by atoms with E-state index in [1.807, 2.05) is 0 Å². The molecule has 0 aliphatic rings. The van der Waals surface area contributed by atoms with Crippen molar-refractivity contribution in [3.8, 4) is 11.5 Å². The van der Waals surface area contributed by atoms with Crippen molar-refractivity contribution >= 4 is 12.0 Å². The Morgan fingerprint density at radius 1 is 1.39 bits per heavy atom. The number of ether oxygens (including phenoxy) is 2. The Labute approximate surface area is 105 Å². The van der Waals surface area contributed by atoms with Gasteiger partial charge in [0.05, 0.1) is 13.7 Å². The number of aliphatic hydroxyl groups excluding tert-OH is 1. The second-order valence-electron chi connectivity index (χ2n) is 3.51. The number of hydrogen-bond donors (Lipinski definition) is 2. The van der Waals surface area contributed by atoms with E-state index in [0.717, 1.165) is 6.08 Å². The molecule has 5 nitrogen and oxygen atoms in total. The van der Waals surface area contributed by atoms with Gasteiger partial charge in [-0.1, -0.05) is 6.07 Å². The number of carboxylic acids is 1. The van der Waals surface area contributed by atoms with Crippen LogP contribution in [-0.2, 0) is 4.79 Å². The smallest absolute Gasteiger partial charge is 0.328 e. The molecule has 0 saturated heterocycles. The van der Waals surface area contributed by atoms with Gasteiger partial charge in [-0.15, -0.1) is 0 Å². The van der Waals surface area contributed by atoms with E-state index in [0.29, 0.717) is 30.1 Å². The first-order valence-electron chi connectivity index (χ1n) is 5.50. The van der Waals surface area contributed by atoms with Gasteiger partial charge >= 0.3 is 5.97 Å². The van der Waals surface area contributed by atoms with Gasteiger partial charge in [0.15, 0.2) is 11.5 Å². The zero-order valence-corrected chi connectivity index (χ0v) is 10.1. The topological polar surface area (TPSA) is 76.0 Å². The highest BCUT2D eigenvalue weighted by Crippen LogP contribution is 2.28. The minimum Gasteiger partial charge on any atom is -0.493 e. The van der Waals surface area contributed by atoms with Crippen molar-refractivity contribution in [2.75, 3.05) is 20.3 Å². The molecular weight excluding hydrogens is 236 g/mol. The fraction of sp³-hybridized carbons (Fsp3) is 0.308. The van der Waals surface area contributed by atoms with Crippen LogP contribution < -0.4 is 9.47 Å². The molecule has 5 heteroatoms. The zero-order chi connectivity index (χ0) is 13.4. The molecule has 1 aromatic carbocycles. The summed E-state index contributed by atoms with van der Waals surface area (Å²) in [6.45, 7) is 0.430. The summed E-state index contributed by atoms with van der Waals surface area (Å²) in [5.41, 5.74) is 0.706. The average molecular weight is 252 g/mol. The van der Waals surface area contributed by atoms with Gasteiger partial charge in [0.1, 0.15) is 0 Å². The van der Waals surface area contributed by atoms with Crippen LogP contribution in [0.15, 0.2) is 24.3 Å². The minimum absolute atomic E-state index is 0.0565. The van der Waals surface area contributed by atoms with E-state index < -0.39 is 5.97 Å². The molecule has 18 heavy (non-hydrogen) atoms. The van der Waals surface area contributed by atoms with Gasteiger partial charge < -0.3 is 19.7 Å². The summed E-state index contributed by atoms with van der Waals surface area (Å²) in [5, 5.41) is 17.2. The molecule has 98 valence electrons. The third kappa shape index (κ3) is 4.47. The molecule has 0 atom stereocenters. The van der Waals surface area contributed by atoms with Crippen LogP contribution in [-0.4, -0.2) is 36.5 Å². The predicted octanol–water partition coefficient (Wildman–Crippen LogP) is 1.55. The molecule has 0 fully saturated rings. The number of hydrogen-bond acceptors (Lipinski definition) is 4. The molecular formula is C13H16O5.